The second kappa shape index (κ2) is 4.52. The van der Waals surface area contributed by atoms with Gasteiger partial charge in [-0.15, -0.1) is 0 Å². The molecule has 3 heteroatoms. The summed E-state index contributed by atoms with van der Waals surface area (Å²) in [6.07, 6.45) is 5.49. The third-order valence-electron chi connectivity index (χ3n) is 3.71. The molecule has 2 aliphatic rings. The van der Waals surface area contributed by atoms with Crippen LogP contribution in [0.25, 0.3) is 0 Å². The van der Waals surface area contributed by atoms with Crippen molar-refractivity contribution in [3.8, 4) is 0 Å². The lowest BCUT2D eigenvalue weighted by atomic mass is 10.1. The van der Waals surface area contributed by atoms with E-state index in [0.717, 1.165) is 18.9 Å². The first-order chi connectivity index (χ1) is 7.24. The second-order valence-corrected chi connectivity index (χ2v) is 5.04. The number of carbonyl (C=O) groups is 1. The molecule has 2 unspecified atom stereocenters. The molecule has 0 spiro atoms. The summed E-state index contributed by atoms with van der Waals surface area (Å²) in [5.41, 5.74) is 0. The Morgan fingerprint density at radius 2 is 2.20 bits per heavy atom. The third-order valence-corrected chi connectivity index (χ3v) is 3.71. The lowest BCUT2D eigenvalue weighted by molar-refractivity contribution is -0.129. The number of nitrogens with zero attached hydrogens (tertiary/aromatic N) is 1. The third kappa shape index (κ3) is 2.51. The summed E-state index contributed by atoms with van der Waals surface area (Å²) in [5.74, 6) is 1.31. The van der Waals surface area contributed by atoms with Crippen LogP contribution in [-0.2, 0) is 4.79 Å². The number of hydrogen-bond acceptors (Lipinski definition) is 2. The van der Waals surface area contributed by atoms with E-state index in [1.807, 2.05) is 4.90 Å². The highest BCUT2D eigenvalue weighted by molar-refractivity contribution is 5.79. The number of hydrogen-bond donors (Lipinski definition) is 1. The Morgan fingerprint density at radius 3 is 2.67 bits per heavy atom. The van der Waals surface area contributed by atoms with Gasteiger partial charge in [-0.2, -0.15) is 0 Å². The Balaban J connectivity index is 1.91. The molecule has 1 aliphatic carbocycles. The fraction of sp³-hybridized carbons (Fsp3) is 0.917. The van der Waals surface area contributed by atoms with E-state index in [1.54, 1.807) is 0 Å². The van der Waals surface area contributed by atoms with Gasteiger partial charge in [0.15, 0.2) is 0 Å². The van der Waals surface area contributed by atoms with E-state index in [1.165, 1.54) is 19.3 Å². The van der Waals surface area contributed by atoms with Crippen molar-refractivity contribution in [1.82, 2.24) is 4.90 Å². The van der Waals surface area contributed by atoms with Crippen molar-refractivity contribution in [3.05, 3.63) is 0 Å². The summed E-state index contributed by atoms with van der Waals surface area (Å²) in [5, 5.41) is 9.07. The van der Waals surface area contributed by atoms with Crippen molar-refractivity contribution in [2.75, 3.05) is 13.2 Å². The first kappa shape index (κ1) is 10.9. The highest BCUT2D eigenvalue weighted by Gasteiger charge is 2.35. The first-order valence-electron chi connectivity index (χ1n) is 6.15. The van der Waals surface area contributed by atoms with Crippen LogP contribution < -0.4 is 0 Å². The molecule has 1 saturated carbocycles. The van der Waals surface area contributed by atoms with Crippen LogP contribution in [0.5, 0.6) is 0 Å². The molecule has 86 valence electrons. The van der Waals surface area contributed by atoms with E-state index >= 15 is 0 Å². The van der Waals surface area contributed by atoms with Gasteiger partial charge in [0.1, 0.15) is 0 Å². The van der Waals surface area contributed by atoms with Gasteiger partial charge in [0.25, 0.3) is 0 Å². The van der Waals surface area contributed by atoms with E-state index < -0.39 is 0 Å². The average molecular weight is 211 g/mol. The largest absolute Gasteiger partial charge is 0.396 e. The van der Waals surface area contributed by atoms with E-state index in [-0.39, 0.29) is 18.4 Å². The molecule has 2 atom stereocenters. The van der Waals surface area contributed by atoms with Gasteiger partial charge in [-0.3, -0.25) is 4.79 Å². The van der Waals surface area contributed by atoms with Gasteiger partial charge in [-0.05, 0) is 18.8 Å². The fourth-order valence-corrected chi connectivity index (χ4v) is 2.54. The molecule has 1 aliphatic heterocycles. The molecule has 1 heterocycles. The van der Waals surface area contributed by atoms with Gasteiger partial charge in [-0.1, -0.05) is 19.8 Å². The number of rotatable bonds is 5. The van der Waals surface area contributed by atoms with Crippen molar-refractivity contribution >= 4 is 5.91 Å². The SMILES string of the molecule is CCC(CC1CC1)N1CC(CO)CC1=O. The Labute approximate surface area is 91.5 Å². The van der Waals surface area contributed by atoms with Crippen molar-refractivity contribution < 1.29 is 9.90 Å². The predicted molar refractivity (Wildman–Crippen MR) is 58.3 cm³/mol. The quantitative estimate of drug-likeness (QED) is 0.747. The minimum absolute atomic E-state index is 0.155. The topological polar surface area (TPSA) is 40.5 Å². The van der Waals surface area contributed by atoms with Crippen LogP contribution in [0.15, 0.2) is 0 Å². The fourth-order valence-electron chi connectivity index (χ4n) is 2.54. The number of carbonyl (C=O) groups excluding carboxylic acids is 1. The van der Waals surface area contributed by atoms with E-state index in [0.29, 0.717) is 12.5 Å². The number of amides is 1. The smallest absolute Gasteiger partial charge is 0.223 e. The predicted octanol–water partition coefficient (Wildman–Crippen LogP) is 1.41. The highest BCUT2D eigenvalue weighted by atomic mass is 16.3. The summed E-state index contributed by atoms with van der Waals surface area (Å²) in [6, 6.07) is 0.432. The Morgan fingerprint density at radius 1 is 1.47 bits per heavy atom. The lowest BCUT2D eigenvalue weighted by Gasteiger charge is -2.27. The van der Waals surface area contributed by atoms with E-state index in [4.69, 9.17) is 5.11 Å². The monoisotopic (exact) mass is 211 g/mol. The van der Waals surface area contributed by atoms with Gasteiger partial charge < -0.3 is 10.0 Å². The van der Waals surface area contributed by atoms with Crippen molar-refractivity contribution in [2.45, 2.75) is 45.1 Å². The van der Waals surface area contributed by atoms with E-state index in [2.05, 4.69) is 6.92 Å². The maximum atomic E-state index is 11.8. The van der Waals surface area contributed by atoms with Gasteiger partial charge in [0.05, 0.1) is 0 Å². The number of aliphatic hydroxyl groups is 1. The Bertz CT molecular complexity index is 238. The maximum Gasteiger partial charge on any atom is 0.223 e. The maximum absolute atomic E-state index is 11.8. The molecular formula is C12H21NO2. The van der Waals surface area contributed by atoms with E-state index in [9.17, 15) is 4.79 Å². The van der Waals surface area contributed by atoms with Crippen LogP contribution in [0.1, 0.15) is 39.0 Å². The van der Waals surface area contributed by atoms with Gasteiger partial charge in [-0.25, -0.2) is 0 Å². The minimum atomic E-state index is 0.155. The zero-order valence-corrected chi connectivity index (χ0v) is 9.48. The molecule has 1 N–H and O–H groups in total. The van der Waals surface area contributed by atoms with Crippen LogP contribution in [0.4, 0.5) is 0 Å². The Kier molecular flexibility index (Phi) is 3.29. The summed E-state index contributed by atoms with van der Waals surface area (Å²) < 4.78 is 0. The highest BCUT2D eigenvalue weighted by Crippen LogP contribution is 2.36. The summed E-state index contributed by atoms with van der Waals surface area (Å²) in [6.45, 7) is 3.09. The molecule has 1 saturated heterocycles. The first-order valence-corrected chi connectivity index (χ1v) is 6.15. The average Bonchev–Trinajstić information content (AvgIpc) is 2.98. The summed E-state index contributed by atoms with van der Waals surface area (Å²) in [4.78, 5) is 13.8. The minimum Gasteiger partial charge on any atom is -0.396 e. The van der Waals surface area contributed by atoms with Crippen LogP contribution in [-0.4, -0.2) is 35.1 Å². The number of aliphatic hydroxyl groups excluding tert-OH is 1. The second-order valence-electron chi connectivity index (χ2n) is 5.04. The molecule has 15 heavy (non-hydrogen) atoms. The normalized spacial score (nSPS) is 28.5. The molecule has 0 aromatic rings. The molecule has 0 bridgehead atoms. The molecule has 3 nitrogen and oxygen atoms in total. The molecule has 0 radical (unpaired) electrons. The standard InChI is InChI=1S/C12H21NO2/c1-2-11(5-9-3-4-9)13-7-10(8-14)6-12(13)15/h9-11,14H,2-8H2,1H3. The molecule has 0 aromatic carbocycles. The van der Waals surface area contributed by atoms with Crippen molar-refractivity contribution in [1.29, 1.82) is 0 Å². The van der Waals surface area contributed by atoms with Crippen LogP contribution in [0, 0.1) is 11.8 Å². The molecular weight excluding hydrogens is 190 g/mol. The van der Waals surface area contributed by atoms with Crippen molar-refractivity contribution in [2.24, 2.45) is 11.8 Å². The molecule has 0 aromatic heterocycles. The van der Waals surface area contributed by atoms with Crippen LogP contribution >= 0.6 is 0 Å². The molecule has 2 fully saturated rings. The molecule has 1 amide bonds. The van der Waals surface area contributed by atoms with Gasteiger partial charge in [0, 0.05) is 31.5 Å². The lowest BCUT2D eigenvalue weighted by Crippen LogP contribution is -2.36. The van der Waals surface area contributed by atoms with Gasteiger partial charge >= 0.3 is 0 Å². The van der Waals surface area contributed by atoms with Crippen molar-refractivity contribution in [3.63, 3.8) is 0 Å². The van der Waals surface area contributed by atoms with Crippen LogP contribution in [0.3, 0.4) is 0 Å². The summed E-state index contributed by atoms with van der Waals surface area (Å²) >= 11 is 0. The number of likely N-dealkylation sites (tertiary alicyclic amines) is 1. The zero-order chi connectivity index (χ0) is 10.8. The summed E-state index contributed by atoms with van der Waals surface area (Å²) in [7, 11) is 0. The van der Waals surface area contributed by atoms with Crippen LogP contribution in [0.2, 0.25) is 0 Å². The zero-order valence-electron chi connectivity index (χ0n) is 9.48. The molecule has 2 rings (SSSR count). The van der Waals surface area contributed by atoms with Gasteiger partial charge in [0.2, 0.25) is 5.91 Å². The Hall–Kier alpha value is -0.570.